The summed E-state index contributed by atoms with van der Waals surface area (Å²) in [4.78, 5) is 54.7. The number of H-pyrrole nitrogens is 1. The highest BCUT2D eigenvalue weighted by molar-refractivity contribution is 5.95. The predicted molar refractivity (Wildman–Crippen MR) is 159 cm³/mol. The van der Waals surface area contributed by atoms with Crippen molar-refractivity contribution >= 4 is 34.6 Å². The molecule has 0 saturated carbocycles. The summed E-state index contributed by atoms with van der Waals surface area (Å²) in [7, 11) is 0. The van der Waals surface area contributed by atoms with Crippen LogP contribution in [0.3, 0.4) is 0 Å². The summed E-state index contributed by atoms with van der Waals surface area (Å²) in [6, 6.07) is 21.7. The summed E-state index contributed by atoms with van der Waals surface area (Å²) in [5, 5.41) is 18.2. The van der Waals surface area contributed by atoms with Gasteiger partial charge in [0.15, 0.2) is 0 Å². The topological polar surface area (TPSA) is 166 Å². The first-order chi connectivity index (χ1) is 20.2. The van der Waals surface area contributed by atoms with E-state index < -0.39 is 47.9 Å². The molecule has 0 aliphatic heterocycles. The zero-order valence-electron chi connectivity index (χ0n) is 23.2. The number of amides is 3. The number of carbonyl (C=O) groups excluding carboxylic acids is 3. The highest BCUT2D eigenvalue weighted by atomic mass is 16.4. The van der Waals surface area contributed by atoms with Gasteiger partial charge in [-0.2, -0.15) is 0 Å². The second kappa shape index (κ2) is 14.1. The molecule has 4 aromatic rings. The predicted octanol–water partition coefficient (Wildman–Crippen LogP) is 2.08. The fourth-order valence-electron chi connectivity index (χ4n) is 4.68. The SMILES string of the molecule is CC(NC(=O)C(Cc1ccccc1)NC(=O)C(Cc1c[nH]c2ccccc12)NC(=O)C(N)Cc1ccccc1)C(=O)O. The van der Waals surface area contributed by atoms with E-state index in [0.717, 1.165) is 27.6 Å². The molecule has 3 aromatic carbocycles. The normalized spacial score (nSPS) is 13.9. The first kappa shape index (κ1) is 30.0. The highest BCUT2D eigenvalue weighted by Gasteiger charge is 2.30. The number of aromatic amines is 1. The van der Waals surface area contributed by atoms with Crippen LogP contribution in [0.5, 0.6) is 0 Å². The van der Waals surface area contributed by atoms with E-state index in [9.17, 15) is 24.3 Å². The Hall–Kier alpha value is -4.96. The smallest absolute Gasteiger partial charge is 0.325 e. The number of aliphatic carboxylic acids is 1. The van der Waals surface area contributed by atoms with Gasteiger partial charge in [-0.15, -0.1) is 0 Å². The van der Waals surface area contributed by atoms with Gasteiger partial charge in [-0.25, -0.2) is 0 Å². The monoisotopic (exact) mass is 569 g/mol. The molecule has 0 bridgehead atoms. The van der Waals surface area contributed by atoms with Crippen molar-refractivity contribution in [3.05, 3.63) is 108 Å². The van der Waals surface area contributed by atoms with Crippen LogP contribution in [-0.2, 0) is 38.4 Å². The van der Waals surface area contributed by atoms with Gasteiger partial charge < -0.3 is 31.8 Å². The number of carbonyl (C=O) groups is 4. The van der Waals surface area contributed by atoms with Gasteiger partial charge in [-0.05, 0) is 36.1 Å². The van der Waals surface area contributed by atoms with Crippen molar-refractivity contribution in [3.63, 3.8) is 0 Å². The Bertz CT molecular complexity index is 1520. The molecule has 0 aliphatic rings. The lowest BCUT2D eigenvalue weighted by Crippen LogP contribution is -2.58. The van der Waals surface area contributed by atoms with Gasteiger partial charge in [-0.3, -0.25) is 19.2 Å². The lowest BCUT2D eigenvalue weighted by molar-refractivity contribution is -0.141. The van der Waals surface area contributed by atoms with Gasteiger partial charge in [0, 0.05) is 29.9 Å². The van der Waals surface area contributed by atoms with Gasteiger partial charge in [-0.1, -0.05) is 78.9 Å². The third-order valence-corrected chi connectivity index (χ3v) is 7.01. The molecule has 0 saturated heterocycles. The van der Waals surface area contributed by atoms with Gasteiger partial charge in [0.25, 0.3) is 0 Å². The minimum absolute atomic E-state index is 0.117. The molecule has 0 fully saturated rings. The number of fused-ring (bicyclic) bond motifs is 1. The van der Waals surface area contributed by atoms with Crippen LogP contribution < -0.4 is 21.7 Å². The quantitative estimate of drug-likeness (QED) is 0.144. The number of nitrogens with two attached hydrogens (primary N) is 1. The van der Waals surface area contributed by atoms with Crippen LogP contribution in [0, 0.1) is 0 Å². The van der Waals surface area contributed by atoms with Crippen molar-refractivity contribution in [2.24, 2.45) is 5.73 Å². The fourth-order valence-corrected chi connectivity index (χ4v) is 4.68. The molecule has 0 aliphatic carbocycles. The van der Waals surface area contributed by atoms with E-state index in [2.05, 4.69) is 20.9 Å². The number of aromatic nitrogens is 1. The molecule has 0 radical (unpaired) electrons. The van der Waals surface area contributed by atoms with Crippen molar-refractivity contribution < 1.29 is 24.3 Å². The number of carboxylic acid groups (broad SMARTS) is 1. The summed E-state index contributed by atoms with van der Waals surface area (Å²) in [6.45, 7) is 1.34. The Kier molecular flexibility index (Phi) is 10.1. The second-order valence-electron chi connectivity index (χ2n) is 10.2. The number of rotatable bonds is 13. The van der Waals surface area contributed by atoms with E-state index in [4.69, 9.17) is 5.73 Å². The first-order valence-corrected chi connectivity index (χ1v) is 13.7. The molecule has 4 atom stereocenters. The van der Waals surface area contributed by atoms with E-state index in [1.165, 1.54) is 6.92 Å². The van der Waals surface area contributed by atoms with E-state index in [-0.39, 0.29) is 19.3 Å². The number of para-hydroxylation sites is 1. The van der Waals surface area contributed by atoms with Gasteiger partial charge in [0.1, 0.15) is 18.1 Å². The molecular weight excluding hydrogens is 534 g/mol. The molecule has 1 heterocycles. The maximum atomic E-state index is 13.8. The van der Waals surface area contributed by atoms with E-state index in [0.29, 0.717) is 0 Å². The van der Waals surface area contributed by atoms with Crippen LogP contribution in [0.1, 0.15) is 23.6 Å². The Morgan fingerprint density at radius 2 is 1.24 bits per heavy atom. The number of hydrogen-bond donors (Lipinski definition) is 6. The van der Waals surface area contributed by atoms with E-state index >= 15 is 0 Å². The maximum Gasteiger partial charge on any atom is 0.325 e. The second-order valence-corrected chi connectivity index (χ2v) is 10.2. The van der Waals surface area contributed by atoms with Gasteiger partial charge in [0.05, 0.1) is 6.04 Å². The number of hydrogen-bond acceptors (Lipinski definition) is 5. The average molecular weight is 570 g/mol. The molecule has 1 aromatic heterocycles. The molecule has 4 rings (SSSR count). The van der Waals surface area contributed by atoms with Crippen LogP contribution in [-0.4, -0.2) is 57.9 Å². The summed E-state index contributed by atoms with van der Waals surface area (Å²) < 4.78 is 0. The van der Waals surface area contributed by atoms with E-state index in [1.54, 1.807) is 30.5 Å². The molecule has 3 amide bonds. The summed E-state index contributed by atoms with van der Waals surface area (Å²) in [5.74, 6) is -2.97. The van der Waals surface area contributed by atoms with Crippen LogP contribution in [0.4, 0.5) is 0 Å². The van der Waals surface area contributed by atoms with E-state index in [1.807, 2.05) is 60.7 Å². The standard InChI is InChI=1S/C32H35N5O5/c1-20(32(41)42)35-30(39)27(17-22-12-6-3-7-13-22)37-31(40)28(18-23-19-34-26-15-9-8-14-24(23)26)36-29(38)25(33)16-21-10-4-2-5-11-21/h2-15,19-20,25,27-28,34H,16-18,33H2,1H3,(H,35,39)(H,36,38)(H,37,40)(H,41,42). The fraction of sp³-hybridized carbons (Fsp3) is 0.250. The molecule has 4 unspecified atom stereocenters. The zero-order valence-corrected chi connectivity index (χ0v) is 23.2. The lowest BCUT2D eigenvalue weighted by atomic mass is 10.0. The minimum atomic E-state index is -1.20. The van der Waals surface area contributed by atoms with Crippen LogP contribution >= 0.6 is 0 Å². The summed E-state index contributed by atoms with van der Waals surface area (Å²) in [6.07, 6.45) is 2.31. The Labute approximate surface area is 243 Å². The Morgan fingerprint density at radius 3 is 1.88 bits per heavy atom. The Morgan fingerprint density at radius 1 is 0.714 bits per heavy atom. The van der Waals surface area contributed by atoms with Crippen LogP contribution in [0.25, 0.3) is 10.9 Å². The van der Waals surface area contributed by atoms with Gasteiger partial charge >= 0.3 is 5.97 Å². The molecule has 10 heteroatoms. The lowest BCUT2D eigenvalue weighted by Gasteiger charge is -2.25. The molecule has 218 valence electrons. The number of benzene rings is 3. The third kappa shape index (κ3) is 8.05. The van der Waals surface area contributed by atoms with Crippen molar-refractivity contribution in [1.82, 2.24) is 20.9 Å². The molecule has 42 heavy (non-hydrogen) atoms. The number of carboxylic acids is 1. The van der Waals surface area contributed by atoms with Crippen molar-refractivity contribution in [1.29, 1.82) is 0 Å². The molecule has 10 nitrogen and oxygen atoms in total. The zero-order chi connectivity index (χ0) is 30.1. The van der Waals surface area contributed by atoms with Crippen molar-refractivity contribution in [2.45, 2.75) is 50.4 Å². The van der Waals surface area contributed by atoms with Crippen LogP contribution in [0.15, 0.2) is 91.1 Å². The summed E-state index contributed by atoms with van der Waals surface area (Å²) >= 11 is 0. The first-order valence-electron chi connectivity index (χ1n) is 13.7. The number of nitrogens with one attached hydrogen (secondary N) is 4. The van der Waals surface area contributed by atoms with Crippen molar-refractivity contribution in [3.8, 4) is 0 Å². The maximum absolute atomic E-state index is 13.8. The Balaban J connectivity index is 1.57. The minimum Gasteiger partial charge on any atom is -0.480 e. The third-order valence-electron chi connectivity index (χ3n) is 7.01. The largest absolute Gasteiger partial charge is 0.480 e. The average Bonchev–Trinajstić information content (AvgIpc) is 3.40. The summed E-state index contributed by atoms with van der Waals surface area (Å²) in [5.41, 5.74) is 9.55. The molecule has 7 N–H and O–H groups in total. The molecule has 0 spiro atoms. The molecular formula is C32H35N5O5. The van der Waals surface area contributed by atoms with Crippen LogP contribution in [0.2, 0.25) is 0 Å². The highest BCUT2D eigenvalue weighted by Crippen LogP contribution is 2.19. The van der Waals surface area contributed by atoms with Gasteiger partial charge in [0.2, 0.25) is 17.7 Å². The van der Waals surface area contributed by atoms with Crippen molar-refractivity contribution in [2.75, 3.05) is 0 Å².